The van der Waals surface area contributed by atoms with Crippen LogP contribution in [0.3, 0.4) is 0 Å². The molecule has 0 aliphatic carbocycles. The quantitative estimate of drug-likeness (QED) is 0.872. The largest absolute Gasteiger partial charge is 0.481 e. The van der Waals surface area contributed by atoms with Crippen molar-refractivity contribution in [3.8, 4) is 5.75 Å². The molecule has 0 saturated carbocycles. The lowest BCUT2D eigenvalue weighted by Gasteiger charge is -2.30. The van der Waals surface area contributed by atoms with E-state index in [9.17, 15) is 13.2 Å². The summed E-state index contributed by atoms with van der Waals surface area (Å²) in [7, 11) is -2.11. The fraction of sp³-hybridized carbons (Fsp3) is 0.316. The topological polar surface area (TPSA) is 75.7 Å². The number of amides is 1. The molecular formula is C19H22N2O4S. The van der Waals surface area contributed by atoms with Gasteiger partial charge in [-0.2, -0.15) is 0 Å². The van der Waals surface area contributed by atoms with Crippen LogP contribution in [0.5, 0.6) is 5.75 Å². The monoisotopic (exact) mass is 374 g/mol. The van der Waals surface area contributed by atoms with Crippen LogP contribution in [0.2, 0.25) is 0 Å². The molecule has 6 nitrogen and oxygen atoms in total. The number of benzene rings is 2. The molecule has 2 aromatic carbocycles. The van der Waals surface area contributed by atoms with Gasteiger partial charge in [0.05, 0.1) is 10.6 Å². The van der Waals surface area contributed by atoms with E-state index >= 15 is 0 Å². The van der Waals surface area contributed by atoms with Gasteiger partial charge in [-0.15, -0.1) is 0 Å². The van der Waals surface area contributed by atoms with Crippen molar-refractivity contribution in [1.29, 1.82) is 0 Å². The van der Waals surface area contributed by atoms with E-state index in [1.54, 1.807) is 19.1 Å². The maximum atomic E-state index is 13.1. The lowest BCUT2D eigenvalue weighted by Crippen LogP contribution is -2.35. The van der Waals surface area contributed by atoms with Gasteiger partial charge < -0.3 is 10.1 Å². The van der Waals surface area contributed by atoms with Crippen molar-refractivity contribution in [2.24, 2.45) is 0 Å². The Morgan fingerprint density at radius 3 is 2.54 bits per heavy atom. The number of nitrogens with one attached hydrogen (secondary N) is 1. The van der Waals surface area contributed by atoms with E-state index in [-0.39, 0.29) is 10.8 Å². The summed E-state index contributed by atoms with van der Waals surface area (Å²) >= 11 is 0. The number of hydrogen-bond acceptors (Lipinski definition) is 4. The molecule has 1 atom stereocenters. The van der Waals surface area contributed by atoms with Gasteiger partial charge >= 0.3 is 0 Å². The summed E-state index contributed by atoms with van der Waals surface area (Å²) in [6, 6.07) is 13.8. The lowest BCUT2D eigenvalue weighted by atomic mass is 10.0. The Balaban J connectivity index is 1.84. The van der Waals surface area contributed by atoms with E-state index in [1.807, 2.05) is 24.3 Å². The number of carbonyl (C=O) groups is 1. The smallest absolute Gasteiger partial charge is 0.264 e. The number of anilines is 1. The molecular weight excluding hydrogens is 352 g/mol. The van der Waals surface area contributed by atoms with Gasteiger partial charge in [-0.25, -0.2) is 8.42 Å². The number of rotatable bonds is 5. The van der Waals surface area contributed by atoms with E-state index in [0.717, 1.165) is 24.1 Å². The van der Waals surface area contributed by atoms with Crippen LogP contribution in [0.25, 0.3) is 0 Å². The van der Waals surface area contributed by atoms with Crippen LogP contribution in [0.15, 0.2) is 53.4 Å². The fourth-order valence-corrected chi connectivity index (χ4v) is 4.57. The minimum absolute atomic E-state index is 0.203. The summed E-state index contributed by atoms with van der Waals surface area (Å²) in [6.07, 6.45) is 1.02. The third kappa shape index (κ3) is 3.53. The molecule has 0 spiro atoms. The maximum absolute atomic E-state index is 13.1. The molecule has 138 valence electrons. The molecule has 0 bridgehead atoms. The Bertz CT molecular complexity index is 894. The van der Waals surface area contributed by atoms with Crippen molar-refractivity contribution in [3.63, 3.8) is 0 Å². The van der Waals surface area contributed by atoms with Gasteiger partial charge in [-0.3, -0.25) is 9.10 Å². The minimum Gasteiger partial charge on any atom is -0.481 e. The van der Waals surface area contributed by atoms with Crippen molar-refractivity contribution in [3.05, 3.63) is 54.1 Å². The van der Waals surface area contributed by atoms with Crippen LogP contribution < -0.4 is 14.4 Å². The summed E-state index contributed by atoms with van der Waals surface area (Å²) in [5.74, 6) is 0.200. The van der Waals surface area contributed by atoms with Crippen molar-refractivity contribution < 1.29 is 17.9 Å². The molecule has 7 heteroatoms. The average molecular weight is 374 g/mol. The van der Waals surface area contributed by atoms with Gasteiger partial charge in [0.15, 0.2) is 6.10 Å². The van der Waals surface area contributed by atoms with Crippen LogP contribution in [-0.4, -0.2) is 34.0 Å². The highest BCUT2D eigenvalue weighted by molar-refractivity contribution is 7.92. The Hall–Kier alpha value is -2.54. The number of sulfonamides is 1. The van der Waals surface area contributed by atoms with Gasteiger partial charge in [0.25, 0.3) is 15.9 Å². The molecule has 1 aliphatic rings. The second-order valence-corrected chi connectivity index (χ2v) is 8.02. The van der Waals surface area contributed by atoms with Crippen LogP contribution in [0, 0.1) is 0 Å². The lowest BCUT2D eigenvalue weighted by molar-refractivity contribution is -0.126. The standard InChI is InChI=1S/C19H22N2O4S/c1-14(19(22)20-2)25-16-9-11-17(12-10-16)26(23,24)21-13-5-7-15-6-3-4-8-18(15)21/h3-4,6,8-12,14H,5,7,13H2,1-2H3,(H,20,22)/t14-/m0/s1. The molecule has 0 saturated heterocycles. The number of ether oxygens (including phenoxy) is 1. The van der Waals surface area contributed by atoms with E-state index < -0.39 is 16.1 Å². The number of nitrogens with zero attached hydrogens (tertiary/aromatic N) is 1. The molecule has 1 heterocycles. The number of carbonyl (C=O) groups excluding carboxylic acids is 1. The van der Waals surface area contributed by atoms with E-state index in [4.69, 9.17) is 4.74 Å². The molecule has 2 aromatic rings. The van der Waals surface area contributed by atoms with Crippen molar-refractivity contribution in [2.45, 2.75) is 30.8 Å². The first-order valence-corrected chi connectivity index (χ1v) is 9.96. The molecule has 1 aliphatic heterocycles. The second-order valence-electron chi connectivity index (χ2n) is 6.16. The zero-order valence-corrected chi connectivity index (χ0v) is 15.6. The van der Waals surface area contributed by atoms with Crippen LogP contribution >= 0.6 is 0 Å². The first kappa shape index (κ1) is 18.3. The van der Waals surface area contributed by atoms with Crippen LogP contribution in [-0.2, 0) is 21.2 Å². The SMILES string of the molecule is CNC(=O)[C@H](C)Oc1ccc(S(=O)(=O)N2CCCc3ccccc32)cc1. The Kier molecular flexibility index (Phi) is 5.18. The predicted octanol–water partition coefficient (Wildman–Crippen LogP) is 2.34. The molecule has 3 rings (SSSR count). The third-order valence-electron chi connectivity index (χ3n) is 4.41. The van der Waals surface area contributed by atoms with Gasteiger partial charge in [0, 0.05) is 13.6 Å². The number of fused-ring (bicyclic) bond motifs is 1. The molecule has 0 radical (unpaired) electrons. The molecule has 26 heavy (non-hydrogen) atoms. The molecule has 0 fully saturated rings. The summed E-state index contributed by atoms with van der Waals surface area (Å²) in [5, 5.41) is 2.51. The highest BCUT2D eigenvalue weighted by Crippen LogP contribution is 2.32. The van der Waals surface area contributed by atoms with Gasteiger partial charge in [-0.05, 0) is 55.7 Å². The average Bonchev–Trinajstić information content (AvgIpc) is 2.67. The Morgan fingerprint density at radius 1 is 1.15 bits per heavy atom. The van der Waals surface area contributed by atoms with Gasteiger partial charge in [0.1, 0.15) is 5.75 Å². The molecule has 1 N–H and O–H groups in total. The highest BCUT2D eigenvalue weighted by Gasteiger charge is 2.28. The summed E-state index contributed by atoms with van der Waals surface area (Å²) in [4.78, 5) is 11.7. The minimum atomic E-state index is -3.64. The molecule has 0 unspecified atom stereocenters. The van der Waals surface area contributed by atoms with Crippen LogP contribution in [0.1, 0.15) is 18.9 Å². The first-order chi connectivity index (χ1) is 12.4. The zero-order valence-electron chi connectivity index (χ0n) is 14.8. The van der Waals surface area contributed by atoms with Crippen molar-refractivity contribution in [2.75, 3.05) is 17.9 Å². The molecule has 0 aromatic heterocycles. The highest BCUT2D eigenvalue weighted by atomic mass is 32.2. The third-order valence-corrected chi connectivity index (χ3v) is 6.24. The second kappa shape index (κ2) is 7.37. The summed E-state index contributed by atoms with van der Waals surface area (Å²) in [6.45, 7) is 2.10. The Labute approximate surface area is 153 Å². The van der Waals surface area contributed by atoms with Crippen LogP contribution in [0.4, 0.5) is 5.69 Å². The number of aryl methyl sites for hydroxylation is 1. The summed E-state index contributed by atoms with van der Waals surface area (Å²) in [5.41, 5.74) is 1.79. The number of hydrogen-bond donors (Lipinski definition) is 1. The van der Waals surface area contributed by atoms with Crippen molar-refractivity contribution in [1.82, 2.24) is 5.32 Å². The predicted molar refractivity (Wildman–Crippen MR) is 99.9 cm³/mol. The molecule has 1 amide bonds. The number of para-hydroxylation sites is 1. The normalized spacial score (nSPS) is 15.1. The zero-order chi connectivity index (χ0) is 18.7. The fourth-order valence-electron chi connectivity index (χ4n) is 3.03. The van der Waals surface area contributed by atoms with Gasteiger partial charge in [-0.1, -0.05) is 18.2 Å². The maximum Gasteiger partial charge on any atom is 0.264 e. The van der Waals surface area contributed by atoms with E-state index in [1.165, 1.54) is 23.5 Å². The van der Waals surface area contributed by atoms with E-state index in [2.05, 4.69) is 5.32 Å². The van der Waals surface area contributed by atoms with Gasteiger partial charge in [0.2, 0.25) is 0 Å². The first-order valence-electron chi connectivity index (χ1n) is 8.52. The number of likely N-dealkylation sites (N-methyl/N-ethyl adjacent to an activating group) is 1. The van der Waals surface area contributed by atoms with Crippen molar-refractivity contribution >= 4 is 21.6 Å². The van der Waals surface area contributed by atoms with E-state index in [0.29, 0.717) is 12.3 Å². The Morgan fingerprint density at radius 2 is 1.85 bits per heavy atom. The summed E-state index contributed by atoms with van der Waals surface area (Å²) < 4.78 is 33.1.